The number of carbonyl (C=O) groups is 2. The number of thioether (sulfide) groups is 2. The Labute approximate surface area is 178 Å². The molecule has 0 saturated carbocycles. The van der Waals surface area contributed by atoms with Crippen LogP contribution in [0.2, 0.25) is 0 Å². The fourth-order valence-corrected chi connectivity index (χ4v) is 4.48. The summed E-state index contributed by atoms with van der Waals surface area (Å²) in [6, 6.07) is 10.5. The van der Waals surface area contributed by atoms with Crippen LogP contribution in [0.15, 0.2) is 46.3 Å². The van der Waals surface area contributed by atoms with Crippen molar-refractivity contribution < 1.29 is 14.3 Å². The Kier molecular flexibility index (Phi) is 9.27. The lowest BCUT2D eigenvalue weighted by molar-refractivity contribution is -0.144. The minimum Gasteiger partial charge on any atom is -0.467 e. The van der Waals surface area contributed by atoms with Gasteiger partial charge in [-0.15, -0.1) is 0 Å². The second kappa shape index (κ2) is 11.7. The molecule has 0 bridgehead atoms. The summed E-state index contributed by atoms with van der Waals surface area (Å²) in [5, 5.41) is 2.67. The highest BCUT2D eigenvalue weighted by Crippen LogP contribution is 2.22. The number of methoxy groups -OCH3 is 1. The molecule has 9 heteroatoms. The molecule has 0 aliphatic heterocycles. The molecule has 2 rings (SSSR count). The Balaban J connectivity index is 1.98. The minimum absolute atomic E-state index is 0.264. The predicted molar refractivity (Wildman–Crippen MR) is 116 cm³/mol. The molecule has 2 unspecified atom stereocenters. The maximum Gasteiger partial charge on any atom is 0.329 e. The Bertz CT molecular complexity index is 874. The summed E-state index contributed by atoms with van der Waals surface area (Å²) in [5.41, 5.74) is 1.46. The number of aromatic nitrogens is 2. The van der Waals surface area contributed by atoms with Crippen LogP contribution in [0.4, 0.5) is 0 Å². The lowest BCUT2D eigenvalue weighted by atomic mass is 10.2. The molecule has 0 radical (unpaired) electrons. The largest absolute Gasteiger partial charge is 0.467 e. The van der Waals surface area contributed by atoms with Gasteiger partial charge < -0.3 is 15.0 Å². The summed E-state index contributed by atoms with van der Waals surface area (Å²) in [6.07, 6.45) is 0.513. The number of nitrogens with zero attached hydrogens (tertiary/aromatic N) is 1. The number of nitrogens with one attached hydrogen (secondary N) is 2. The predicted octanol–water partition coefficient (Wildman–Crippen LogP) is 2.54. The zero-order valence-corrected chi connectivity index (χ0v) is 18.3. The van der Waals surface area contributed by atoms with Gasteiger partial charge in [-0.1, -0.05) is 49.0 Å². The first kappa shape index (κ1) is 23.0. The van der Waals surface area contributed by atoms with Gasteiger partial charge in [-0.25, -0.2) is 9.78 Å². The summed E-state index contributed by atoms with van der Waals surface area (Å²) in [4.78, 5) is 43.4. The van der Waals surface area contributed by atoms with E-state index in [0.29, 0.717) is 23.0 Å². The van der Waals surface area contributed by atoms with Gasteiger partial charge in [-0.3, -0.25) is 9.59 Å². The first-order valence-electron chi connectivity index (χ1n) is 9.17. The molecule has 0 spiro atoms. The molecular weight excluding hydrogens is 410 g/mol. The third-order valence-electron chi connectivity index (χ3n) is 3.96. The molecule has 0 saturated heterocycles. The van der Waals surface area contributed by atoms with Crippen LogP contribution in [0.1, 0.15) is 24.6 Å². The maximum atomic E-state index is 12.7. The molecule has 0 aliphatic carbocycles. The van der Waals surface area contributed by atoms with Crippen LogP contribution < -0.4 is 10.9 Å². The number of hydrogen-bond donors (Lipinski definition) is 2. The Morgan fingerprint density at radius 3 is 2.62 bits per heavy atom. The van der Waals surface area contributed by atoms with Crippen molar-refractivity contribution in [2.24, 2.45) is 0 Å². The van der Waals surface area contributed by atoms with Crippen LogP contribution in [0, 0.1) is 6.92 Å². The Morgan fingerprint density at radius 1 is 1.28 bits per heavy atom. The topological polar surface area (TPSA) is 101 Å². The van der Waals surface area contributed by atoms with E-state index in [1.807, 2.05) is 37.3 Å². The van der Waals surface area contributed by atoms with E-state index in [2.05, 4.69) is 15.3 Å². The van der Waals surface area contributed by atoms with Crippen molar-refractivity contribution in [3.63, 3.8) is 0 Å². The highest BCUT2D eigenvalue weighted by molar-refractivity contribution is 8.00. The number of H-pyrrole nitrogens is 1. The number of aromatic amines is 1. The molecule has 156 valence electrons. The van der Waals surface area contributed by atoms with E-state index >= 15 is 0 Å². The highest BCUT2D eigenvalue weighted by atomic mass is 32.2. The lowest BCUT2D eigenvalue weighted by Gasteiger charge is -2.20. The minimum atomic E-state index is -0.750. The molecule has 29 heavy (non-hydrogen) atoms. The van der Waals surface area contributed by atoms with E-state index in [1.54, 1.807) is 18.7 Å². The van der Waals surface area contributed by atoms with Crippen molar-refractivity contribution in [1.82, 2.24) is 15.3 Å². The van der Waals surface area contributed by atoms with Gasteiger partial charge in [0, 0.05) is 23.3 Å². The number of aryl methyl sites for hydroxylation is 1. The summed E-state index contributed by atoms with van der Waals surface area (Å²) >= 11 is 2.71. The summed E-state index contributed by atoms with van der Waals surface area (Å²) in [6.45, 7) is 3.58. The van der Waals surface area contributed by atoms with Gasteiger partial charge in [0.2, 0.25) is 5.91 Å². The van der Waals surface area contributed by atoms with Gasteiger partial charge in [0.15, 0.2) is 5.16 Å². The van der Waals surface area contributed by atoms with E-state index < -0.39 is 17.3 Å². The molecule has 7 nitrogen and oxygen atoms in total. The third kappa shape index (κ3) is 7.58. The fraction of sp³-hybridized carbons (Fsp3) is 0.400. The van der Waals surface area contributed by atoms with E-state index in [9.17, 15) is 14.4 Å². The van der Waals surface area contributed by atoms with Gasteiger partial charge in [0.1, 0.15) is 6.04 Å². The molecule has 1 aromatic carbocycles. The number of benzene rings is 1. The molecule has 1 heterocycles. The van der Waals surface area contributed by atoms with Gasteiger partial charge in [-0.2, -0.15) is 11.8 Å². The molecule has 0 aliphatic rings. The first-order valence-corrected chi connectivity index (χ1v) is 11.2. The standard InChI is InChI=1S/C20H25N3O4S2/c1-4-16(29-20-21-13(2)10-17(24)23-20)18(25)22-15(19(26)27-3)12-28-11-14-8-6-5-7-9-14/h5-10,15-16H,4,11-12H2,1-3H3,(H,22,25)(H,21,23,24). The van der Waals surface area contributed by atoms with Crippen molar-refractivity contribution in [2.75, 3.05) is 12.9 Å². The van der Waals surface area contributed by atoms with Crippen LogP contribution in [0.5, 0.6) is 0 Å². The Morgan fingerprint density at radius 2 is 2.00 bits per heavy atom. The number of amides is 1. The van der Waals surface area contributed by atoms with E-state index in [1.165, 1.54) is 24.9 Å². The van der Waals surface area contributed by atoms with Crippen molar-refractivity contribution >= 4 is 35.4 Å². The van der Waals surface area contributed by atoms with Crippen LogP contribution in [0.25, 0.3) is 0 Å². The first-order chi connectivity index (χ1) is 13.9. The lowest BCUT2D eigenvalue weighted by Crippen LogP contribution is -2.46. The van der Waals surface area contributed by atoms with Crippen molar-refractivity contribution in [2.45, 2.75) is 42.5 Å². The zero-order valence-electron chi connectivity index (χ0n) is 16.6. The van der Waals surface area contributed by atoms with Crippen molar-refractivity contribution in [3.05, 3.63) is 58.0 Å². The zero-order chi connectivity index (χ0) is 21.2. The SMILES string of the molecule is CCC(Sc1nc(C)cc(=O)[nH]1)C(=O)NC(CSCc1ccccc1)C(=O)OC. The smallest absolute Gasteiger partial charge is 0.329 e. The van der Waals surface area contributed by atoms with Crippen molar-refractivity contribution in [3.8, 4) is 0 Å². The number of ether oxygens (including phenoxy) is 1. The fourth-order valence-electron chi connectivity index (χ4n) is 2.51. The number of esters is 1. The van der Waals surface area contributed by atoms with Gasteiger partial charge in [-0.05, 0) is 18.9 Å². The highest BCUT2D eigenvalue weighted by Gasteiger charge is 2.26. The molecule has 1 aromatic heterocycles. The molecule has 2 N–H and O–H groups in total. The Hall–Kier alpha value is -2.26. The molecule has 1 amide bonds. The van der Waals surface area contributed by atoms with E-state index in [4.69, 9.17) is 4.74 Å². The van der Waals surface area contributed by atoms with Crippen LogP contribution >= 0.6 is 23.5 Å². The third-order valence-corrected chi connectivity index (χ3v) is 6.32. The second-order valence-corrected chi connectivity index (χ2v) is 8.51. The van der Waals surface area contributed by atoms with Gasteiger partial charge in [0.25, 0.3) is 5.56 Å². The van der Waals surface area contributed by atoms with E-state index in [0.717, 1.165) is 11.3 Å². The monoisotopic (exact) mass is 435 g/mol. The quantitative estimate of drug-likeness (QED) is 0.336. The number of rotatable bonds is 10. The normalized spacial score (nSPS) is 12.8. The average Bonchev–Trinajstić information content (AvgIpc) is 2.70. The van der Waals surface area contributed by atoms with Crippen LogP contribution in [-0.4, -0.2) is 46.0 Å². The average molecular weight is 436 g/mol. The maximum absolute atomic E-state index is 12.7. The molecule has 2 aromatic rings. The molecule has 0 fully saturated rings. The van der Waals surface area contributed by atoms with Crippen molar-refractivity contribution in [1.29, 1.82) is 0 Å². The number of carbonyl (C=O) groups excluding carboxylic acids is 2. The van der Waals surface area contributed by atoms with Crippen LogP contribution in [0.3, 0.4) is 0 Å². The van der Waals surface area contributed by atoms with Gasteiger partial charge >= 0.3 is 5.97 Å². The molecular formula is C20H25N3O4S2. The second-order valence-electron chi connectivity index (χ2n) is 6.29. The molecule has 2 atom stereocenters. The van der Waals surface area contributed by atoms with Crippen LogP contribution in [-0.2, 0) is 20.1 Å². The number of hydrogen-bond acceptors (Lipinski definition) is 7. The summed E-state index contributed by atoms with van der Waals surface area (Å²) in [5.74, 6) is 0.344. The van der Waals surface area contributed by atoms with E-state index in [-0.39, 0.29) is 11.5 Å². The van der Waals surface area contributed by atoms with Gasteiger partial charge in [0.05, 0.1) is 12.4 Å². The summed E-state index contributed by atoms with van der Waals surface area (Å²) in [7, 11) is 1.30. The summed E-state index contributed by atoms with van der Waals surface area (Å²) < 4.78 is 4.85.